The third-order valence-electron chi connectivity index (χ3n) is 3.87. The number of hydrogen-bond donors (Lipinski definition) is 3. The van der Waals surface area contributed by atoms with Crippen LogP contribution in [0.25, 0.3) is 0 Å². The number of benzene rings is 1. The third kappa shape index (κ3) is 4.22. The number of nitrogens with one attached hydrogen (secondary N) is 2. The summed E-state index contributed by atoms with van der Waals surface area (Å²) in [4.78, 5) is 23.6. The lowest BCUT2D eigenvalue weighted by atomic mass is 9.92. The van der Waals surface area contributed by atoms with Crippen LogP contribution in [0.3, 0.4) is 0 Å². The number of carboxylic acid groups (broad SMARTS) is 1. The van der Waals surface area contributed by atoms with E-state index in [1.165, 1.54) is 0 Å². The fourth-order valence-electron chi connectivity index (χ4n) is 2.45. The van der Waals surface area contributed by atoms with Crippen LogP contribution in [0.5, 0.6) is 0 Å². The molecule has 2 rings (SSSR count). The molecule has 0 saturated heterocycles. The van der Waals surface area contributed by atoms with Crippen LogP contribution >= 0.6 is 0 Å². The van der Waals surface area contributed by atoms with Gasteiger partial charge in [-0.3, -0.25) is 14.7 Å². The summed E-state index contributed by atoms with van der Waals surface area (Å²) in [6, 6.07) is 8.52. The summed E-state index contributed by atoms with van der Waals surface area (Å²) >= 11 is 0. The maximum absolute atomic E-state index is 12.5. The number of nitrogens with zero attached hydrogens (tertiary/aromatic N) is 1. The fraction of sp³-hybridized carbons (Fsp3) is 0.389. The van der Waals surface area contributed by atoms with Gasteiger partial charge in [0.05, 0.1) is 12.5 Å². The van der Waals surface area contributed by atoms with Gasteiger partial charge in [0.2, 0.25) is 0 Å². The van der Waals surface area contributed by atoms with Gasteiger partial charge in [0.15, 0.2) is 0 Å². The summed E-state index contributed by atoms with van der Waals surface area (Å²) in [6.45, 7) is 7.94. The molecule has 0 fully saturated rings. The zero-order valence-corrected chi connectivity index (χ0v) is 14.4. The summed E-state index contributed by atoms with van der Waals surface area (Å²) in [7, 11) is 0. The molecular formula is C18H23N3O3. The molecule has 0 spiro atoms. The molecular weight excluding hydrogens is 306 g/mol. The monoisotopic (exact) mass is 329 g/mol. The summed E-state index contributed by atoms with van der Waals surface area (Å²) in [6.07, 6.45) is -0.187. The molecule has 1 heterocycles. The molecule has 6 nitrogen and oxygen atoms in total. The highest BCUT2D eigenvalue weighted by atomic mass is 16.4. The van der Waals surface area contributed by atoms with Gasteiger partial charge in [0, 0.05) is 11.1 Å². The van der Waals surface area contributed by atoms with Crippen molar-refractivity contribution in [2.24, 2.45) is 0 Å². The number of rotatable bonds is 5. The number of amides is 1. The zero-order chi connectivity index (χ0) is 17.9. The first-order chi connectivity index (χ1) is 11.2. The standard InChI is InChI=1S/C18H23N3O3/c1-11-7-5-6-8-12(11)13(10-16(22)23)19-17(24)14-9-15(21-20-14)18(2,3)4/h5-9,13H,10H2,1-4H3,(H,19,24)(H,20,21)(H,22,23). The quantitative estimate of drug-likeness (QED) is 0.786. The Labute approximate surface area is 141 Å². The van der Waals surface area contributed by atoms with Crippen molar-refractivity contribution < 1.29 is 14.7 Å². The summed E-state index contributed by atoms with van der Waals surface area (Å²) in [5, 5.41) is 18.9. The number of aromatic amines is 1. The summed E-state index contributed by atoms with van der Waals surface area (Å²) < 4.78 is 0. The van der Waals surface area contributed by atoms with E-state index < -0.39 is 17.9 Å². The lowest BCUT2D eigenvalue weighted by molar-refractivity contribution is -0.137. The molecule has 0 aliphatic carbocycles. The SMILES string of the molecule is Cc1ccccc1C(CC(=O)O)NC(=O)c1cc(C(C)(C)C)[nH]n1. The molecule has 0 radical (unpaired) electrons. The Morgan fingerprint density at radius 2 is 1.96 bits per heavy atom. The number of hydrogen-bond acceptors (Lipinski definition) is 3. The van der Waals surface area contributed by atoms with Gasteiger partial charge in [0.1, 0.15) is 5.69 Å². The van der Waals surface area contributed by atoms with Gasteiger partial charge in [-0.05, 0) is 24.1 Å². The van der Waals surface area contributed by atoms with Gasteiger partial charge in [-0.15, -0.1) is 0 Å². The average molecular weight is 329 g/mol. The van der Waals surface area contributed by atoms with Crippen molar-refractivity contribution >= 4 is 11.9 Å². The Morgan fingerprint density at radius 1 is 1.29 bits per heavy atom. The van der Waals surface area contributed by atoms with Crippen LogP contribution in [0.1, 0.15) is 60.5 Å². The molecule has 3 N–H and O–H groups in total. The van der Waals surface area contributed by atoms with Crippen molar-refractivity contribution in [2.75, 3.05) is 0 Å². The molecule has 0 aliphatic rings. The number of H-pyrrole nitrogens is 1. The predicted molar refractivity (Wildman–Crippen MR) is 90.9 cm³/mol. The van der Waals surface area contributed by atoms with Crippen LogP contribution in [0, 0.1) is 6.92 Å². The highest BCUT2D eigenvalue weighted by Crippen LogP contribution is 2.23. The van der Waals surface area contributed by atoms with Crippen LogP contribution in [0.2, 0.25) is 0 Å². The second kappa shape index (κ2) is 6.86. The van der Waals surface area contributed by atoms with Crippen molar-refractivity contribution in [1.82, 2.24) is 15.5 Å². The molecule has 1 aromatic carbocycles. The highest BCUT2D eigenvalue weighted by molar-refractivity contribution is 5.93. The van der Waals surface area contributed by atoms with Crippen molar-refractivity contribution in [1.29, 1.82) is 0 Å². The Balaban J connectivity index is 2.23. The largest absolute Gasteiger partial charge is 0.481 e. The molecule has 24 heavy (non-hydrogen) atoms. The number of aryl methyl sites for hydroxylation is 1. The van der Waals surface area contributed by atoms with Crippen molar-refractivity contribution in [3.05, 3.63) is 52.8 Å². The van der Waals surface area contributed by atoms with Crippen LogP contribution in [-0.2, 0) is 10.2 Å². The van der Waals surface area contributed by atoms with Crippen LogP contribution in [0.4, 0.5) is 0 Å². The van der Waals surface area contributed by atoms with E-state index >= 15 is 0 Å². The number of carboxylic acids is 1. The zero-order valence-electron chi connectivity index (χ0n) is 14.4. The average Bonchev–Trinajstić information content (AvgIpc) is 2.96. The maximum atomic E-state index is 12.5. The summed E-state index contributed by atoms with van der Waals surface area (Å²) in [5.74, 6) is -1.36. The van der Waals surface area contributed by atoms with Gasteiger partial charge in [-0.1, -0.05) is 45.0 Å². The Morgan fingerprint density at radius 3 is 2.50 bits per heavy atom. The lowest BCUT2D eigenvalue weighted by Crippen LogP contribution is -2.31. The number of carbonyl (C=O) groups is 2. The highest BCUT2D eigenvalue weighted by Gasteiger charge is 2.23. The number of aromatic nitrogens is 2. The normalized spacial score (nSPS) is 12.7. The summed E-state index contributed by atoms with van der Waals surface area (Å²) in [5.41, 5.74) is 2.67. The molecule has 2 aromatic rings. The Bertz CT molecular complexity index is 744. The van der Waals surface area contributed by atoms with E-state index in [0.717, 1.165) is 16.8 Å². The molecule has 0 bridgehead atoms. The molecule has 1 atom stereocenters. The molecule has 6 heteroatoms. The topological polar surface area (TPSA) is 95.1 Å². The smallest absolute Gasteiger partial charge is 0.305 e. The minimum absolute atomic E-state index is 0.151. The Hall–Kier alpha value is -2.63. The van der Waals surface area contributed by atoms with E-state index in [2.05, 4.69) is 15.5 Å². The van der Waals surface area contributed by atoms with Gasteiger partial charge in [0.25, 0.3) is 5.91 Å². The first-order valence-corrected chi connectivity index (χ1v) is 7.82. The van der Waals surface area contributed by atoms with Gasteiger partial charge in [-0.2, -0.15) is 5.10 Å². The van der Waals surface area contributed by atoms with Crippen LogP contribution < -0.4 is 5.32 Å². The van der Waals surface area contributed by atoms with Gasteiger partial charge >= 0.3 is 5.97 Å². The van der Waals surface area contributed by atoms with E-state index in [-0.39, 0.29) is 17.5 Å². The molecule has 0 aliphatic heterocycles. The second-order valence-electron chi connectivity index (χ2n) is 6.90. The minimum Gasteiger partial charge on any atom is -0.481 e. The molecule has 128 valence electrons. The van der Waals surface area contributed by atoms with E-state index in [1.807, 2.05) is 52.0 Å². The predicted octanol–water partition coefficient (Wildman–Crippen LogP) is 2.96. The Kier molecular flexibility index (Phi) is 5.07. The minimum atomic E-state index is -0.971. The molecule has 1 unspecified atom stereocenters. The third-order valence-corrected chi connectivity index (χ3v) is 3.87. The molecule has 0 saturated carbocycles. The van der Waals surface area contributed by atoms with Crippen molar-refractivity contribution in [2.45, 2.75) is 45.6 Å². The van der Waals surface area contributed by atoms with E-state index in [4.69, 9.17) is 5.11 Å². The van der Waals surface area contributed by atoms with Crippen LogP contribution in [0.15, 0.2) is 30.3 Å². The van der Waals surface area contributed by atoms with Crippen molar-refractivity contribution in [3.8, 4) is 0 Å². The maximum Gasteiger partial charge on any atom is 0.305 e. The first-order valence-electron chi connectivity index (χ1n) is 7.82. The fourth-order valence-corrected chi connectivity index (χ4v) is 2.45. The van der Waals surface area contributed by atoms with Crippen LogP contribution in [-0.4, -0.2) is 27.2 Å². The van der Waals surface area contributed by atoms with Gasteiger partial charge < -0.3 is 10.4 Å². The molecule has 1 amide bonds. The van der Waals surface area contributed by atoms with E-state index in [0.29, 0.717) is 0 Å². The second-order valence-corrected chi connectivity index (χ2v) is 6.90. The van der Waals surface area contributed by atoms with Gasteiger partial charge in [-0.25, -0.2) is 0 Å². The number of carbonyl (C=O) groups excluding carboxylic acids is 1. The lowest BCUT2D eigenvalue weighted by Gasteiger charge is -2.19. The number of aliphatic carboxylic acids is 1. The van der Waals surface area contributed by atoms with E-state index in [1.54, 1.807) is 6.07 Å². The molecule has 1 aromatic heterocycles. The van der Waals surface area contributed by atoms with E-state index in [9.17, 15) is 9.59 Å². The first kappa shape index (κ1) is 17.7. The van der Waals surface area contributed by atoms with Crippen molar-refractivity contribution in [3.63, 3.8) is 0 Å².